The quantitative estimate of drug-likeness (QED) is 0.716. The van der Waals surface area contributed by atoms with Crippen LogP contribution in [0.3, 0.4) is 0 Å². The second-order valence-corrected chi connectivity index (χ2v) is 5.59. The summed E-state index contributed by atoms with van der Waals surface area (Å²) in [7, 11) is 1.58. The molecular weight excluding hydrogens is 361 g/mol. The molecule has 0 aliphatic rings. The molecule has 0 spiro atoms. The molecule has 2 aromatic carbocycles. The van der Waals surface area contributed by atoms with Crippen LogP contribution in [0.25, 0.3) is 0 Å². The number of methoxy groups -OCH3 is 1. The Morgan fingerprint density at radius 3 is 2.18 bits per heavy atom. The van der Waals surface area contributed by atoms with Crippen molar-refractivity contribution in [1.82, 2.24) is 0 Å². The van der Waals surface area contributed by atoms with Crippen molar-refractivity contribution in [3.05, 3.63) is 57.6 Å². The van der Waals surface area contributed by atoms with Gasteiger partial charge in [-0.15, -0.1) is 0 Å². The molecule has 0 radical (unpaired) electrons. The van der Waals surface area contributed by atoms with Gasteiger partial charge in [0.05, 0.1) is 12.7 Å². The Morgan fingerprint density at radius 2 is 1.68 bits per heavy atom. The van der Waals surface area contributed by atoms with Gasteiger partial charge in [-0.05, 0) is 42.3 Å². The van der Waals surface area contributed by atoms with Crippen LogP contribution in [0.5, 0.6) is 11.5 Å². The number of halogens is 4. The first-order valence-corrected chi connectivity index (χ1v) is 7.23. The zero-order valence-corrected chi connectivity index (χ0v) is 13.6. The van der Waals surface area contributed by atoms with Crippen LogP contribution in [-0.2, 0) is 12.8 Å². The van der Waals surface area contributed by atoms with Gasteiger partial charge in [-0.1, -0.05) is 28.1 Å². The highest BCUT2D eigenvalue weighted by molar-refractivity contribution is 9.10. The Bertz CT molecular complexity index is 628. The van der Waals surface area contributed by atoms with Crippen molar-refractivity contribution in [2.24, 2.45) is 0 Å². The van der Waals surface area contributed by atoms with Crippen molar-refractivity contribution in [1.29, 1.82) is 0 Å². The average molecular weight is 375 g/mol. The van der Waals surface area contributed by atoms with E-state index in [1.54, 1.807) is 19.2 Å². The molecular formula is C16H14BrF3O2. The van der Waals surface area contributed by atoms with E-state index in [4.69, 9.17) is 9.47 Å². The molecule has 22 heavy (non-hydrogen) atoms. The number of hydrogen-bond donors (Lipinski definition) is 0. The summed E-state index contributed by atoms with van der Waals surface area (Å²) >= 11 is 2.96. The van der Waals surface area contributed by atoms with Gasteiger partial charge >= 0.3 is 6.18 Å². The van der Waals surface area contributed by atoms with Crippen molar-refractivity contribution in [3.8, 4) is 11.5 Å². The molecule has 0 unspecified atom stereocenters. The molecule has 0 saturated heterocycles. The van der Waals surface area contributed by atoms with Crippen molar-refractivity contribution in [3.63, 3.8) is 0 Å². The Morgan fingerprint density at radius 1 is 1.05 bits per heavy atom. The Labute approximate surface area is 135 Å². The second-order valence-electron chi connectivity index (χ2n) is 4.73. The molecule has 2 nitrogen and oxygen atoms in total. The van der Waals surface area contributed by atoms with E-state index in [-0.39, 0.29) is 16.6 Å². The summed E-state index contributed by atoms with van der Waals surface area (Å²) in [5, 5.41) is 0. The molecule has 2 rings (SSSR count). The van der Waals surface area contributed by atoms with Crippen LogP contribution in [-0.4, -0.2) is 7.11 Å². The lowest BCUT2D eigenvalue weighted by molar-refractivity contribution is -0.138. The molecule has 0 bridgehead atoms. The fourth-order valence-corrected chi connectivity index (χ4v) is 2.81. The molecule has 118 valence electrons. The molecule has 0 fully saturated rings. The first-order valence-electron chi connectivity index (χ1n) is 6.44. The Hall–Kier alpha value is -1.69. The smallest absolute Gasteiger partial charge is 0.417 e. The van der Waals surface area contributed by atoms with E-state index >= 15 is 0 Å². The van der Waals surface area contributed by atoms with E-state index in [0.29, 0.717) is 5.75 Å². The fourth-order valence-electron chi connectivity index (χ4n) is 2.04. The molecule has 0 saturated carbocycles. The molecule has 6 heteroatoms. The van der Waals surface area contributed by atoms with Gasteiger partial charge in [0.15, 0.2) is 0 Å². The minimum absolute atomic E-state index is 0.0234. The summed E-state index contributed by atoms with van der Waals surface area (Å²) in [6.45, 7) is 1.68. The minimum atomic E-state index is -4.39. The van der Waals surface area contributed by atoms with E-state index in [1.807, 2.05) is 12.1 Å². The predicted molar refractivity (Wildman–Crippen MR) is 81.2 cm³/mol. The van der Waals surface area contributed by atoms with Crippen molar-refractivity contribution in [2.45, 2.75) is 19.7 Å². The van der Waals surface area contributed by atoms with Crippen molar-refractivity contribution >= 4 is 15.9 Å². The predicted octanol–water partition coefficient (Wildman–Crippen LogP) is 5.36. The number of ether oxygens (including phenoxy) is 2. The van der Waals surface area contributed by atoms with Gasteiger partial charge < -0.3 is 9.47 Å². The molecule has 2 aromatic rings. The van der Waals surface area contributed by atoms with Crippen LogP contribution in [0.4, 0.5) is 13.2 Å². The van der Waals surface area contributed by atoms with Crippen LogP contribution in [0.2, 0.25) is 0 Å². The third kappa shape index (κ3) is 3.94. The third-order valence-electron chi connectivity index (χ3n) is 3.11. The summed E-state index contributed by atoms with van der Waals surface area (Å²) < 4.78 is 49.2. The van der Waals surface area contributed by atoms with Crippen LogP contribution in [0.15, 0.2) is 40.9 Å². The number of rotatable bonds is 4. The monoisotopic (exact) mass is 374 g/mol. The van der Waals surface area contributed by atoms with Crippen LogP contribution >= 0.6 is 15.9 Å². The zero-order chi connectivity index (χ0) is 16.3. The number of alkyl halides is 3. The van der Waals surface area contributed by atoms with Crippen LogP contribution in [0.1, 0.15) is 16.7 Å². The maximum Gasteiger partial charge on any atom is 0.417 e. The maximum absolute atomic E-state index is 12.9. The molecule has 0 aromatic heterocycles. The average Bonchev–Trinajstić information content (AvgIpc) is 2.43. The van der Waals surface area contributed by atoms with E-state index in [0.717, 1.165) is 11.3 Å². The fraction of sp³-hybridized carbons (Fsp3) is 0.250. The maximum atomic E-state index is 12.9. The highest BCUT2D eigenvalue weighted by Gasteiger charge is 2.35. The molecule has 0 amide bonds. The summed E-state index contributed by atoms with van der Waals surface area (Å²) in [6.07, 6.45) is -4.39. The molecule has 0 atom stereocenters. The second kappa shape index (κ2) is 6.60. The van der Waals surface area contributed by atoms with Gasteiger partial charge in [-0.25, -0.2) is 0 Å². The van der Waals surface area contributed by atoms with Crippen LogP contribution < -0.4 is 9.47 Å². The molecule has 0 aliphatic heterocycles. The lowest BCUT2D eigenvalue weighted by atomic mass is 10.1. The summed E-state index contributed by atoms with van der Waals surface area (Å²) in [4.78, 5) is 0. The molecule has 0 heterocycles. The highest BCUT2D eigenvalue weighted by Crippen LogP contribution is 2.39. The molecule has 0 aliphatic carbocycles. The number of benzene rings is 2. The summed E-state index contributed by atoms with van der Waals surface area (Å²) in [6, 6.07) is 9.99. The zero-order valence-electron chi connectivity index (χ0n) is 12.0. The number of aryl methyl sites for hydroxylation is 1. The van der Waals surface area contributed by atoms with Crippen molar-refractivity contribution in [2.75, 3.05) is 7.11 Å². The lowest BCUT2D eigenvalue weighted by Crippen LogP contribution is -2.09. The van der Waals surface area contributed by atoms with E-state index in [9.17, 15) is 13.2 Å². The SMILES string of the molecule is COc1ccc(COc2cc(C)c(C(F)(F)F)c(Br)c2)cc1. The normalized spacial score (nSPS) is 11.4. The lowest BCUT2D eigenvalue weighted by Gasteiger charge is -2.15. The van der Waals surface area contributed by atoms with E-state index < -0.39 is 11.7 Å². The summed E-state index contributed by atoms with van der Waals surface area (Å²) in [5.41, 5.74) is 0.338. The third-order valence-corrected chi connectivity index (χ3v) is 3.73. The van der Waals surface area contributed by atoms with Gasteiger partial charge in [-0.2, -0.15) is 13.2 Å². The topological polar surface area (TPSA) is 18.5 Å². The Balaban J connectivity index is 2.13. The van der Waals surface area contributed by atoms with Gasteiger partial charge in [-0.3, -0.25) is 0 Å². The largest absolute Gasteiger partial charge is 0.497 e. The summed E-state index contributed by atoms with van der Waals surface area (Å²) in [5.74, 6) is 1.12. The highest BCUT2D eigenvalue weighted by atomic mass is 79.9. The van der Waals surface area contributed by atoms with Gasteiger partial charge in [0, 0.05) is 4.47 Å². The van der Waals surface area contributed by atoms with E-state index in [1.165, 1.54) is 19.1 Å². The standard InChI is InChI=1S/C16H14BrF3O2/c1-10-7-13(8-14(17)15(10)16(18,19)20)22-9-11-3-5-12(21-2)6-4-11/h3-8H,9H2,1-2H3. The van der Waals surface area contributed by atoms with Gasteiger partial charge in [0.2, 0.25) is 0 Å². The minimum Gasteiger partial charge on any atom is -0.497 e. The van der Waals surface area contributed by atoms with Crippen LogP contribution in [0, 0.1) is 6.92 Å². The molecule has 0 N–H and O–H groups in total. The van der Waals surface area contributed by atoms with Crippen molar-refractivity contribution < 1.29 is 22.6 Å². The Kier molecular flexibility index (Phi) is 5.01. The van der Waals surface area contributed by atoms with E-state index in [2.05, 4.69) is 15.9 Å². The first-order chi connectivity index (χ1) is 10.3. The van der Waals surface area contributed by atoms with Gasteiger partial charge in [0.1, 0.15) is 18.1 Å². The first kappa shape index (κ1) is 16.7. The van der Waals surface area contributed by atoms with Gasteiger partial charge in [0.25, 0.3) is 0 Å². The number of hydrogen-bond acceptors (Lipinski definition) is 2.